The van der Waals surface area contributed by atoms with Crippen molar-refractivity contribution < 1.29 is 8.42 Å². The lowest BCUT2D eigenvalue weighted by Crippen LogP contribution is -2.24. The van der Waals surface area contributed by atoms with E-state index in [0.29, 0.717) is 16.9 Å². The molecule has 5 heteroatoms. The van der Waals surface area contributed by atoms with Crippen molar-refractivity contribution in [1.82, 2.24) is 4.72 Å². The number of sulfonamides is 1. The van der Waals surface area contributed by atoms with Gasteiger partial charge in [-0.05, 0) is 44.5 Å². The molecular weight excluding hydrogens is 260 g/mol. The van der Waals surface area contributed by atoms with Crippen LogP contribution >= 0.6 is 0 Å². The molecule has 108 valence electrons. The quantitative estimate of drug-likeness (QED) is 0.844. The normalized spacial score (nSPS) is 15.0. The Morgan fingerprint density at radius 1 is 1.26 bits per heavy atom. The zero-order valence-electron chi connectivity index (χ0n) is 12.3. The van der Waals surface area contributed by atoms with Crippen LogP contribution in [-0.4, -0.2) is 21.5 Å². The molecule has 0 saturated heterocycles. The van der Waals surface area contributed by atoms with Crippen molar-refractivity contribution >= 4 is 15.7 Å². The van der Waals surface area contributed by atoms with Crippen molar-refractivity contribution in [2.75, 3.05) is 12.4 Å². The highest BCUT2D eigenvalue weighted by molar-refractivity contribution is 7.89. The first-order valence-electron chi connectivity index (χ1n) is 6.62. The van der Waals surface area contributed by atoms with Gasteiger partial charge < -0.3 is 5.32 Å². The fourth-order valence-electron chi connectivity index (χ4n) is 1.78. The van der Waals surface area contributed by atoms with Gasteiger partial charge in [-0.15, -0.1) is 0 Å². The second-order valence-electron chi connectivity index (χ2n) is 5.00. The summed E-state index contributed by atoms with van der Waals surface area (Å²) in [7, 11) is -1.97. The van der Waals surface area contributed by atoms with E-state index in [1.807, 2.05) is 13.0 Å². The van der Waals surface area contributed by atoms with Crippen molar-refractivity contribution in [2.45, 2.75) is 45.1 Å². The van der Waals surface area contributed by atoms with Crippen LogP contribution in [0.3, 0.4) is 0 Å². The molecule has 0 heterocycles. The molecule has 0 aromatic heterocycles. The fraction of sp³-hybridized carbons (Fsp3) is 0.571. The van der Waals surface area contributed by atoms with E-state index in [2.05, 4.69) is 30.8 Å². The molecule has 0 bridgehead atoms. The largest absolute Gasteiger partial charge is 0.382 e. The summed E-state index contributed by atoms with van der Waals surface area (Å²) in [5.41, 5.74) is 1.93. The molecule has 2 atom stereocenters. The van der Waals surface area contributed by atoms with Crippen LogP contribution in [0.5, 0.6) is 0 Å². The van der Waals surface area contributed by atoms with Gasteiger partial charge >= 0.3 is 0 Å². The number of rotatable bonds is 6. The summed E-state index contributed by atoms with van der Waals surface area (Å²) in [6.07, 6.45) is 1.09. The Morgan fingerprint density at radius 2 is 1.89 bits per heavy atom. The summed E-state index contributed by atoms with van der Waals surface area (Å²) in [6.45, 7) is 8.42. The molecule has 0 fully saturated rings. The molecule has 1 rings (SSSR count). The average molecular weight is 284 g/mol. The molecule has 1 aromatic carbocycles. The Balaban J connectivity index is 3.05. The van der Waals surface area contributed by atoms with E-state index in [-0.39, 0.29) is 0 Å². The number of aryl methyl sites for hydroxylation is 1. The molecule has 0 saturated carbocycles. The minimum absolute atomic E-state index is 0.291. The lowest BCUT2D eigenvalue weighted by Gasteiger charge is -2.22. The number of nitrogens with one attached hydrogen (secondary N) is 2. The van der Waals surface area contributed by atoms with Crippen molar-refractivity contribution in [1.29, 1.82) is 0 Å². The van der Waals surface area contributed by atoms with E-state index in [1.54, 1.807) is 12.1 Å². The highest BCUT2D eigenvalue weighted by atomic mass is 32.2. The van der Waals surface area contributed by atoms with Gasteiger partial charge in [0.1, 0.15) is 0 Å². The maximum atomic E-state index is 11.8. The second kappa shape index (κ2) is 6.39. The van der Waals surface area contributed by atoms with Gasteiger partial charge in [-0.2, -0.15) is 0 Å². The number of benzene rings is 1. The molecule has 0 aliphatic carbocycles. The lowest BCUT2D eigenvalue weighted by molar-refractivity contribution is 0.494. The molecule has 0 radical (unpaired) electrons. The van der Waals surface area contributed by atoms with Gasteiger partial charge in [0.15, 0.2) is 0 Å². The van der Waals surface area contributed by atoms with Gasteiger partial charge in [0, 0.05) is 11.7 Å². The molecule has 0 amide bonds. The van der Waals surface area contributed by atoms with Crippen LogP contribution in [-0.2, 0) is 10.0 Å². The van der Waals surface area contributed by atoms with Gasteiger partial charge in [-0.1, -0.05) is 26.3 Å². The molecule has 0 aliphatic rings. The fourth-order valence-corrected chi connectivity index (χ4v) is 2.54. The first-order chi connectivity index (χ1) is 8.81. The first-order valence-corrected chi connectivity index (χ1v) is 8.10. The summed E-state index contributed by atoms with van der Waals surface area (Å²) < 4.78 is 25.9. The van der Waals surface area contributed by atoms with Gasteiger partial charge in [-0.3, -0.25) is 0 Å². The van der Waals surface area contributed by atoms with Crippen molar-refractivity contribution in [3.63, 3.8) is 0 Å². The topological polar surface area (TPSA) is 58.2 Å². The highest BCUT2D eigenvalue weighted by Crippen LogP contribution is 2.22. The molecule has 2 N–H and O–H groups in total. The first kappa shape index (κ1) is 16.0. The predicted molar refractivity (Wildman–Crippen MR) is 80.0 cm³/mol. The molecule has 1 aromatic rings. The third-order valence-electron chi connectivity index (χ3n) is 3.67. The SMILES string of the molecule is CCC(C)C(C)Nc1cc(S(=O)(=O)NC)ccc1C. The van der Waals surface area contributed by atoms with Gasteiger partial charge in [0.05, 0.1) is 4.90 Å². The van der Waals surface area contributed by atoms with Crippen LogP contribution in [0, 0.1) is 12.8 Å². The Bertz CT molecular complexity index is 526. The average Bonchev–Trinajstić information content (AvgIpc) is 2.39. The molecule has 0 spiro atoms. The zero-order valence-corrected chi connectivity index (χ0v) is 13.1. The summed E-state index contributed by atoms with van der Waals surface area (Å²) in [5, 5.41) is 3.41. The number of anilines is 1. The van der Waals surface area contributed by atoms with E-state index in [1.165, 1.54) is 7.05 Å². The molecule has 2 unspecified atom stereocenters. The molecule has 0 aliphatic heterocycles. The summed E-state index contributed by atoms with van der Waals surface area (Å²) in [6, 6.07) is 5.45. The summed E-state index contributed by atoms with van der Waals surface area (Å²) >= 11 is 0. The smallest absolute Gasteiger partial charge is 0.240 e. The molecular formula is C14H24N2O2S. The molecule has 4 nitrogen and oxygen atoms in total. The van der Waals surface area contributed by atoms with Gasteiger partial charge in [0.2, 0.25) is 10.0 Å². The lowest BCUT2D eigenvalue weighted by atomic mass is 10.0. The van der Waals surface area contributed by atoms with E-state index < -0.39 is 10.0 Å². The number of hydrogen-bond donors (Lipinski definition) is 2. The van der Waals surface area contributed by atoms with Gasteiger partial charge in [0.25, 0.3) is 0 Å². The van der Waals surface area contributed by atoms with Crippen molar-refractivity contribution in [3.8, 4) is 0 Å². The van der Waals surface area contributed by atoms with Crippen molar-refractivity contribution in [3.05, 3.63) is 23.8 Å². The van der Waals surface area contributed by atoms with Crippen LogP contribution in [0.25, 0.3) is 0 Å². The Morgan fingerprint density at radius 3 is 2.42 bits per heavy atom. The maximum Gasteiger partial charge on any atom is 0.240 e. The Kier molecular flexibility index (Phi) is 5.38. The van der Waals surface area contributed by atoms with Crippen LogP contribution < -0.4 is 10.0 Å². The van der Waals surface area contributed by atoms with E-state index in [4.69, 9.17) is 0 Å². The second-order valence-corrected chi connectivity index (χ2v) is 6.89. The predicted octanol–water partition coefficient (Wildman–Crippen LogP) is 2.75. The van der Waals surface area contributed by atoms with Crippen molar-refractivity contribution in [2.24, 2.45) is 5.92 Å². The van der Waals surface area contributed by atoms with Crippen LogP contribution in [0.4, 0.5) is 5.69 Å². The Hall–Kier alpha value is -1.07. The van der Waals surface area contributed by atoms with E-state index in [0.717, 1.165) is 17.7 Å². The minimum Gasteiger partial charge on any atom is -0.382 e. The third-order valence-corrected chi connectivity index (χ3v) is 5.08. The summed E-state index contributed by atoms with van der Waals surface area (Å²) in [4.78, 5) is 0.291. The maximum absolute atomic E-state index is 11.8. The van der Waals surface area contributed by atoms with E-state index in [9.17, 15) is 8.42 Å². The molecule has 19 heavy (non-hydrogen) atoms. The minimum atomic E-state index is -3.39. The summed E-state index contributed by atoms with van der Waals surface area (Å²) in [5.74, 6) is 0.531. The monoisotopic (exact) mass is 284 g/mol. The van der Waals surface area contributed by atoms with E-state index >= 15 is 0 Å². The van der Waals surface area contributed by atoms with Crippen LogP contribution in [0.2, 0.25) is 0 Å². The highest BCUT2D eigenvalue weighted by Gasteiger charge is 2.15. The van der Waals surface area contributed by atoms with Crippen LogP contribution in [0.15, 0.2) is 23.1 Å². The standard InChI is InChI=1S/C14H24N2O2S/c1-6-10(2)12(4)16-14-9-13(8-7-11(14)3)19(17,18)15-5/h7-10,12,15-16H,6H2,1-5H3. The third kappa shape index (κ3) is 3.94. The number of hydrogen-bond acceptors (Lipinski definition) is 3. The Labute approximate surface area is 116 Å². The van der Waals surface area contributed by atoms with Gasteiger partial charge in [-0.25, -0.2) is 13.1 Å². The van der Waals surface area contributed by atoms with Crippen LogP contribution in [0.1, 0.15) is 32.8 Å². The zero-order chi connectivity index (χ0) is 14.6.